The number of rotatable bonds is 3. The van der Waals surface area contributed by atoms with Crippen LogP contribution in [0.1, 0.15) is 15.2 Å². The van der Waals surface area contributed by atoms with E-state index in [0.717, 1.165) is 21.5 Å². The minimum absolute atomic E-state index is 0.381. The Bertz CT molecular complexity index is 504. The predicted octanol–water partition coefficient (Wildman–Crippen LogP) is 2.32. The van der Waals surface area contributed by atoms with E-state index in [1.807, 2.05) is 19.2 Å². The molecule has 0 saturated carbocycles. The van der Waals surface area contributed by atoms with Gasteiger partial charge in [-0.15, -0.1) is 11.3 Å². The molecule has 1 aromatic carbocycles. The minimum atomic E-state index is -0.866. The Morgan fingerprint density at radius 2 is 2.33 bits per heavy atom. The van der Waals surface area contributed by atoms with Gasteiger partial charge in [-0.3, -0.25) is 0 Å². The molecule has 4 heteroatoms. The van der Waals surface area contributed by atoms with E-state index in [2.05, 4.69) is 5.32 Å². The predicted molar refractivity (Wildman–Crippen MR) is 61.5 cm³/mol. The van der Waals surface area contributed by atoms with E-state index in [9.17, 15) is 4.79 Å². The number of fused-ring (bicyclic) bond motifs is 1. The van der Waals surface area contributed by atoms with Crippen LogP contribution in [0.4, 0.5) is 0 Å². The third-order valence-corrected chi connectivity index (χ3v) is 3.29. The van der Waals surface area contributed by atoms with Gasteiger partial charge in [0.2, 0.25) is 0 Å². The Hall–Kier alpha value is -1.39. The quantitative estimate of drug-likeness (QED) is 0.836. The Kier molecular flexibility index (Phi) is 2.70. The van der Waals surface area contributed by atoms with Crippen LogP contribution in [-0.2, 0) is 6.54 Å². The highest BCUT2D eigenvalue weighted by Crippen LogP contribution is 2.28. The number of hydrogen-bond donors (Lipinski definition) is 2. The second-order valence-electron chi connectivity index (χ2n) is 3.27. The molecule has 0 amide bonds. The summed E-state index contributed by atoms with van der Waals surface area (Å²) in [5.74, 6) is -0.866. The van der Waals surface area contributed by atoms with Crippen LogP contribution in [0.25, 0.3) is 10.1 Å². The summed E-state index contributed by atoms with van der Waals surface area (Å²) in [5, 5.41) is 12.9. The SMILES string of the molecule is CNCc1cc2c(C(=O)O)cccc2s1. The van der Waals surface area contributed by atoms with Crippen molar-refractivity contribution >= 4 is 27.4 Å². The van der Waals surface area contributed by atoms with Crippen molar-refractivity contribution in [1.29, 1.82) is 0 Å². The Morgan fingerprint density at radius 1 is 1.53 bits per heavy atom. The first-order valence-corrected chi connectivity index (χ1v) is 5.43. The van der Waals surface area contributed by atoms with Gasteiger partial charge in [0, 0.05) is 21.5 Å². The maximum atomic E-state index is 11.0. The van der Waals surface area contributed by atoms with Gasteiger partial charge in [0.15, 0.2) is 0 Å². The molecule has 15 heavy (non-hydrogen) atoms. The fourth-order valence-corrected chi connectivity index (χ4v) is 2.66. The highest BCUT2D eigenvalue weighted by Gasteiger charge is 2.10. The lowest BCUT2D eigenvalue weighted by Gasteiger charge is -1.94. The monoisotopic (exact) mass is 221 g/mol. The molecule has 0 aliphatic heterocycles. The van der Waals surface area contributed by atoms with Gasteiger partial charge in [-0.05, 0) is 25.2 Å². The van der Waals surface area contributed by atoms with Crippen molar-refractivity contribution < 1.29 is 9.90 Å². The maximum absolute atomic E-state index is 11.0. The molecule has 0 unspecified atom stereocenters. The molecule has 0 radical (unpaired) electrons. The van der Waals surface area contributed by atoms with E-state index in [0.29, 0.717) is 5.56 Å². The number of carbonyl (C=O) groups is 1. The highest BCUT2D eigenvalue weighted by atomic mass is 32.1. The molecular formula is C11H11NO2S. The molecule has 3 nitrogen and oxygen atoms in total. The smallest absolute Gasteiger partial charge is 0.336 e. The van der Waals surface area contributed by atoms with Crippen LogP contribution in [0.5, 0.6) is 0 Å². The number of thiophene rings is 1. The third kappa shape index (κ3) is 1.86. The van der Waals surface area contributed by atoms with Gasteiger partial charge in [-0.1, -0.05) is 6.07 Å². The molecule has 0 atom stereocenters. The number of nitrogens with one attached hydrogen (secondary N) is 1. The first-order chi connectivity index (χ1) is 7.22. The topological polar surface area (TPSA) is 49.3 Å². The van der Waals surface area contributed by atoms with Crippen LogP contribution >= 0.6 is 11.3 Å². The molecule has 78 valence electrons. The van der Waals surface area contributed by atoms with Gasteiger partial charge in [-0.2, -0.15) is 0 Å². The van der Waals surface area contributed by atoms with E-state index in [4.69, 9.17) is 5.11 Å². The number of benzene rings is 1. The van der Waals surface area contributed by atoms with Crippen molar-refractivity contribution in [2.75, 3.05) is 7.05 Å². The largest absolute Gasteiger partial charge is 0.478 e. The number of carboxylic acid groups (broad SMARTS) is 1. The molecule has 0 aliphatic rings. The summed E-state index contributed by atoms with van der Waals surface area (Å²) in [4.78, 5) is 12.1. The average molecular weight is 221 g/mol. The average Bonchev–Trinajstić information content (AvgIpc) is 2.59. The highest BCUT2D eigenvalue weighted by molar-refractivity contribution is 7.19. The molecule has 1 heterocycles. The molecule has 0 spiro atoms. The summed E-state index contributed by atoms with van der Waals surface area (Å²) in [6, 6.07) is 7.32. The lowest BCUT2D eigenvalue weighted by Crippen LogP contribution is -2.02. The van der Waals surface area contributed by atoms with Gasteiger partial charge in [0.25, 0.3) is 0 Å². The summed E-state index contributed by atoms with van der Waals surface area (Å²) < 4.78 is 1.03. The normalized spacial score (nSPS) is 10.7. The van der Waals surface area contributed by atoms with Crippen LogP contribution in [0.2, 0.25) is 0 Å². The van der Waals surface area contributed by atoms with Crippen LogP contribution in [0.3, 0.4) is 0 Å². The molecule has 0 aliphatic carbocycles. The molecule has 2 aromatic rings. The molecule has 2 N–H and O–H groups in total. The zero-order chi connectivity index (χ0) is 10.8. The Balaban J connectivity index is 2.59. The lowest BCUT2D eigenvalue weighted by atomic mass is 10.1. The van der Waals surface area contributed by atoms with E-state index < -0.39 is 5.97 Å². The van der Waals surface area contributed by atoms with Gasteiger partial charge in [-0.25, -0.2) is 4.79 Å². The molecule has 0 bridgehead atoms. The van der Waals surface area contributed by atoms with E-state index in [-0.39, 0.29) is 0 Å². The van der Waals surface area contributed by atoms with Crippen LogP contribution in [0, 0.1) is 0 Å². The van der Waals surface area contributed by atoms with Crippen LogP contribution in [0.15, 0.2) is 24.3 Å². The van der Waals surface area contributed by atoms with Gasteiger partial charge < -0.3 is 10.4 Å². The van der Waals surface area contributed by atoms with Crippen LogP contribution < -0.4 is 5.32 Å². The van der Waals surface area contributed by atoms with Gasteiger partial charge >= 0.3 is 5.97 Å². The maximum Gasteiger partial charge on any atom is 0.336 e. The summed E-state index contributed by atoms with van der Waals surface area (Å²) in [6.07, 6.45) is 0. The van der Waals surface area contributed by atoms with Crippen molar-refractivity contribution in [3.05, 3.63) is 34.7 Å². The van der Waals surface area contributed by atoms with Gasteiger partial charge in [0.05, 0.1) is 5.56 Å². The van der Waals surface area contributed by atoms with E-state index in [1.54, 1.807) is 23.5 Å². The first-order valence-electron chi connectivity index (χ1n) is 4.61. The Labute approximate surface area is 91.4 Å². The van der Waals surface area contributed by atoms with E-state index in [1.165, 1.54) is 0 Å². The zero-order valence-electron chi connectivity index (χ0n) is 8.28. The molecule has 0 saturated heterocycles. The third-order valence-electron chi connectivity index (χ3n) is 2.19. The number of aromatic carboxylic acids is 1. The summed E-state index contributed by atoms with van der Waals surface area (Å²) in [7, 11) is 1.88. The molecule has 0 fully saturated rings. The second-order valence-corrected chi connectivity index (χ2v) is 4.43. The van der Waals surface area contributed by atoms with Crippen molar-refractivity contribution in [1.82, 2.24) is 5.32 Å². The lowest BCUT2D eigenvalue weighted by molar-refractivity contribution is 0.0699. The van der Waals surface area contributed by atoms with Crippen molar-refractivity contribution in [2.45, 2.75) is 6.54 Å². The Morgan fingerprint density at radius 3 is 3.00 bits per heavy atom. The van der Waals surface area contributed by atoms with Crippen LogP contribution in [-0.4, -0.2) is 18.1 Å². The summed E-state index contributed by atoms with van der Waals surface area (Å²) in [5.41, 5.74) is 0.381. The van der Waals surface area contributed by atoms with E-state index >= 15 is 0 Å². The fourth-order valence-electron chi connectivity index (χ4n) is 1.56. The molecule has 2 rings (SSSR count). The first kappa shape index (κ1) is 10.1. The minimum Gasteiger partial charge on any atom is -0.478 e. The fraction of sp³-hybridized carbons (Fsp3) is 0.182. The summed E-state index contributed by atoms with van der Waals surface area (Å²) >= 11 is 1.63. The number of hydrogen-bond acceptors (Lipinski definition) is 3. The van der Waals surface area contributed by atoms with Crippen molar-refractivity contribution in [2.24, 2.45) is 0 Å². The standard InChI is InChI=1S/C11H11NO2S/c1-12-6-7-5-9-8(11(13)14)3-2-4-10(9)15-7/h2-5,12H,6H2,1H3,(H,13,14). The van der Waals surface area contributed by atoms with Crippen molar-refractivity contribution in [3.63, 3.8) is 0 Å². The molecular weight excluding hydrogens is 210 g/mol. The zero-order valence-corrected chi connectivity index (χ0v) is 9.10. The molecule has 1 aromatic heterocycles. The van der Waals surface area contributed by atoms with Gasteiger partial charge in [0.1, 0.15) is 0 Å². The van der Waals surface area contributed by atoms with Crippen molar-refractivity contribution in [3.8, 4) is 0 Å². The second kappa shape index (κ2) is 4.00. The summed E-state index contributed by atoms with van der Waals surface area (Å²) in [6.45, 7) is 0.776. The number of carboxylic acids is 1.